The molecule has 39 heavy (non-hydrogen) atoms. The van der Waals surface area contributed by atoms with E-state index in [9.17, 15) is 0 Å². The maximum atomic E-state index is 7.55. The molecule has 2 saturated heterocycles. The number of ether oxygens (including phenoxy) is 1. The van der Waals surface area contributed by atoms with Crippen molar-refractivity contribution in [3.05, 3.63) is 80.3 Å². The lowest BCUT2D eigenvalue weighted by atomic mass is 9.83. The van der Waals surface area contributed by atoms with Crippen molar-refractivity contribution < 1.29 is 4.74 Å². The van der Waals surface area contributed by atoms with Gasteiger partial charge in [-0.25, -0.2) is 0 Å². The Morgan fingerprint density at radius 2 is 0.872 bits per heavy atom. The Balaban J connectivity index is 1.57. The van der Waals surface area contributed by atoms with Crippen LogP contribution in [0.3, 0.4) is 0 Å². The average molecular weight is 527 g/mol. The van der Waals surface area contributed by atoms with Crippen molar-refractivity contribution in [2.75, 3.05) is 39.3 Å². The SMILES string of the molecule is Cc1cc(C)c(C2=C(OC3=C(c4c(C)cc(C)cc4C)CNC34CCNCC4)C3(CCNCC3)NC2)c(C)c1. The van der Waals surface area contributed by atoms with Crippen molar-refractivity contribution in [3.63, 3.8) is 0 Å². The van der Waals surface area contributed by atoms with Crippen molar-refractivity contribution in [3.8, 4) is 0 Å². The molecule has 2 aromatic rings. The van der Waals surface area contributed by atoms with Crippen molar-refractivity contribution >= 4 is 11.1 Å². The number of hydrogen-bond donors (Lipinski definition) is 4. The highest BCUT2D eigenvalue weighted by molar-refractivity contribution is 5.80. The number of hydrogen-bond acceptors (Lipinski definition) is 5. The third kappa shape index (κ3) is 4.58. The minimum Gasteiger partial charge on any atom is -0.461 e. The average Bonchev–Trinajstić information content (AvgIpc) is 3.38. The van der Waals surface area contributed by atoms with Gasteiger partial charge in [0, 0.05) is 24.2 Å². The zero-order valence-electron chi connectivity index (χ0n) is 24.8. The Hall–Kier alpha value is -2.44. The summed E-state index contributed by atoms with van der Waals surface area (Å²) in [5.74, 6) is 2.35. The Morgan fingerprint density at radius 3 is 1.21 bits per heavy atom. The lowest BCUT2D eigenvalue weighted by Crippen LogP contribution is -2.53. The Morgan fingerprint density at radius 1 is 0.538 bits per heavy atom. The molecule has 0 aliphatic carbocycles. The molecule has 0 saturated carbocycles. The predicted molar refractivity (Wildman–Crippen MR) is 162 cm³/mol. The summed E-state index contributed by atoms with van der Waals surface area (Å²) in [6, 6.07) is 9.32. The molecular weight excluding hydrogens is 480 g/mol. The minimum absolute atomic E-state index is 0.128. The quantitative estimate of drug-likeness (QED) is 0.445. The van der Waals surface area contributed by atoms with Gasteiger partial charge in [0.2, 0.25) is 0 Å². The molecular formula is C34H46N4O. The van der Waals surface area contributed by atoms with Crippen molar-refractivity contribution in [2.45, 2.75) is 78.3 Å². The van der Waals surface area contributed by atoms with Gasteiger partial charge in [0.1, 0.15) is 11.5 Å². The molecule has 5 nitrogen and oxygen atoms in total. The number of rotatable bonds is 4. The Labute approximate surface area is 234 Å². The molecule has 4 heterocycles. The Kier molecular flexibility index (Phi) is 6.99. The molecule has 0 amide bonds. The molecule has 4 N–H and O–H groups in total. The van der Waals surface area contributed by atoms with Gasteiger partial charge in [-0.2, -0.15) is 0 Å². The summed E-state index contributed by atoms with van der Waals surface area (Å²) in [4.78, 5) is 0. The lowest BCUT2D eigenvalue weighted by Gasteiger charge is -2.40. The largest absolute Gasteiger partial charge is 0.461 e. The maximum absolute atomic E-state index is 7.55. The van der Waals surface area contributed by atoms with Crippen LogP contribution in [0.1, 0.15) is 70.2 Å². The molecule has 0 bridgehead atoms. The van der Waals surface area contributed by atoms with Crippen LogP contribution < -0.4 is 21.3 Å². The molecule has 208 valence electrons. The molecule has 4 aliphatic heterocycles. The summed E-state index contributed by atoms with van der Waals surface area (Å²) < 4.78 is 7.55. The fourth-order valence-corrected chi connectivity index (χ4v) is 8.07. The van der Waals surface area contributed by atoms with Crippen LogP contribution in [-0.4, -0.2) is 50.3 Å². The summed E-state index contributed by atoms with van der Waals surface area (Å²) in [5.41, 5.74) is 13.2. The van der Waals surface area contributed by atoms with Crippen LogP contribution in [0.15, 0.2) is 35.8 Å². The highest BCUT2D eigenvalue weighted by atomic mass is 16.5. The van der Waals surface area contributed by atoms with E-state index in [4.69, 9.17) is 4.74 Å². The zero-order valence-corrected chi connectivity index (χ0v) is 24.8. The number of benzene rings is 2. The van der Waals surface area contributed by atoms with E-state index in [0.29, 0.717) is 0 Å². The molecule has 6 rings (SSSR count). The summed E-state index contributed by atoms with van der Waals surface area (Å²) in [5, 5.41) is 15.2. The third-order valence-corrected chi connectivity index (χ3v) is 9.70. The van der Waals surface area contributed by atoms with Gasteiger partial charge < -0.3 is 26.0 Å². The van der Waals surface area contributed by atoms with E-state index >= 15 is 0 Å². The van der Waals surface area contributed by atoms with Gasteiger partial charge in [0.25, 0.3) is 0 Å². The topological polar surface area (TPSA) is 57.4 Å². The first-order valence-electron chi connectivity index (χ1n) is 15.0. The molecule has 0 aromatic heterocycles. The van der Waals surface area contributed by atoms with Crippen LogP contribution in [-0.2, 0) is 4.74 Å². The summed E-state index contributed by atoms with van der Waals surface area (Å²) in [6.07, 6.45) is 4.18. The van der Waals surface area contributed by atoms with Gasteiger partial charge in [-0.3, -0.25) is 0 Å². The van der Waals surface area contributed by atoms with Gasteiger partial charge >= 0.3 is 0 Å². The molecule has 2 spiro atoms. The molecule has 0 unspecified atom stereocenters. The molecule has 2 aromatic carbocycles. The maximum Gasteiger partial charge on any atom is 0.129 e. The summed E-state index contributed by atoms with van der Waals surface area (Å²) in [7, 11) is 0. The van der Waals surface area contributed by atoms with E-state index in [1.54, 1.807) is 0 Å². The summed E-state index contributed by atoms with van der Waals surface area (Å²) in [6.45, 7) is 19.2. The van der Waals surface area contributed by atoms with Gasteiger partial charge in [-0.05, 0) is 127 Å². The van der Waals surface area contributed by atoms with E-state index < -0.39 is 0 Å². The third-order valence-electron chi connectivity index (χ3n) is 9.70. The molecule has 4 aliphatic rings. The predicted octanol–water partition coefficient (Wildman–Crippen LogP) is 5.13. The number of piperidine rings is 2. The van der Waals surface area contributed by atoms with Crippen molar-refractivity contribution in [2.24, 2.45) is 0 Å². The van der Waals surface area contributed by atoms with E-state index in [-0.39, 0.29) is 11.1 Å². The number of nitrogens with one attached hydrogen (secondary N) is 4. The lowest BCUT2D eigenvalue weighted by molar-refractivity contribution is 0.143. The normalized spacial score (nSPS) is 22.4. The smallest absolute Gasteiger partial charge is 0.129 e. The van der Waals surface area contributed by atoms with Crippen LogP contribution >= 0.6 is 0 Å². The Bertz CT molecular complexity index is 1210. The fourth-order valence-electron chi connectivity index (χ4n) is 8.07. The summed E-state index contributed by atoms with van der Waals surface area (Å²) >= 11 is 0. The van der Waals surface area contributed by atoms with Crippen molar-refractivity contribution in [1.29, 1.82) is 0 Å². The molecule has 0 radical (unpaired) electrons. The van der Waals surface area contributed by atoms with Crippen molar-refractivity contribution in [1.82, 2.24) is 21.3 Å². The fraction of sp³-hybridized carbons (Fsp3) is 0.529. The van der Waals surface area contributed by atoms with Gasteiger partial charge in [-0.1, -0.05) is 35.4 Å². The first kappa shape index (κ1) is 26.8. The van der Waals surface area contributed by atoms with Gasteiger partial charge in [-0.15, -0.1) is 0 Å². The second-order valence-electron chi connectivity index (χ2n) is 12.6. The zero-order chi connectivity index (χ0) is 27.4. The molecule has 0 atom stereocenters. The van der Waals surface area contributed by atoms with E-state index in [2.05, 4.69) is 87.1 Å². The van der Waals surface area contributed by atoms with Crippen LogP contribution in [0.2, 0.25) is 0 Å². The van der Waals surface area contributed by atoms with Crippen LogP contribution in [0.5, 0.6) is 0 Å². The standard InChI is InChI=1S/C34H46N4O/c1-21-15-23(3)29(24(4)16-21)27-19-37-33(7-11-35-12-8-33)31(27)39-32-28(20-38-34(32)9-13-36-14-10-34)30-25(5)17-22(2)18-26(30)6/h15-18,35-38H,7-14,19-20H2,1-6H3. The van der Waals surface area contributed by atoms with Crippen LogP contribution in [0, 0.1) is 41.5 Å². The highest BCUT2D eigenvalue weighted by Crippen LogP contribution is 2.47. The van der Waals surface area contributed by atoms with Crippen LogP contribution in [0.4, 0.5) is 0 Å². The second-order valence-corrected chi connectivity index (χ2v) is 12.6. The highest BCUT2D eigenvalue weighted by Gasteiger charge is 2.49. The van der Waals surface area contributed by atoms with Crippen LogP contribution in [0.25, 0.3) is 11.1 Å². The first-order valence-corrected chi connectivity index (χ1v) is 15.0. The van der Waals surface area contributed by atoms with Gasteiger partial charge in [0.05, 0.1) is 11.1 Å². The van der Waals surface area contributed by atoms with E-state index in [1.807, 2.05) is 0 Å². The van der Waals surface area contributed by atoms with E-state index in [1.165, 1.54) is 67.2 Å². The van der Waals surface area contributed by atoms with Gasteiger partial charge in [0.15, 0.2) is 0 Å². The molecule has 5 heteroatoms. The first-order chi connectivity index (χ1) is 18.7. The minimum atomic E-state index is -0.128. The number of aryl methyl sites for hydroxylation is 6. The van der Waals surface area contributed by atoms with E-state index in [0.717, 1.165) is 65.0 Å². The monoisotopic (exact) mass is 526 g/mol. The molecule has 2 fully saturated rings. The second kappa shape index (κ2) is 10.2.